The van der Waals surface area contributed by atoms with Crippen molar-refractivity contribution in [2.45, 2.75) is 38.0 Å². The third-order valence-electron chi connectivity index (χ3n) is 3.32. The lowest BCUT2D eigenvalue weighted by molar-refractivity contribution is -0.0543. The maximum absolute atomic E-state index is 14.3. The van der Waals surface area contributed by atoms with Crippen molar-refractivity contribution in [3.63, 3.8) is 0 Å². The molecule has 0 unspecified atom stereocenters. The van der Waals surface area contributed by atoms with Gasteiger partial charge in [0.25, 0.3) is 0 Å². The highest BCUT2D eigenvalue weighted by molar-refractivity contribution is 14.2. The van der Waals surface area contributed by atoms with E-state index in [0.717, 1.165) is 19.4 Å². The quantitative estimate of drug-likeness (QED) is 0.593. The molecule has 1 aliphatic carbocycles. The van der Waals surface area contributed by atoms with Crippen LogP contribution in [0.15, 0.2) is 6.20 Å². The van der Waals surface area contributed by atoms with Gasteiger partial charge in [-0.1, -0.05) is 0 Å². The van der Waals surface area contributed by atoms with Crippen LogP contribution in [0.4, 0.5) is 4.39 Å². The largest absolute Gasteiger partial charge is 0.368 e. The molecule has 2 heterocycles. The molecule has 2 aliphatic rings. The number of aromatic nitrogens is 2. The van der Waals surface area contributed by atoms with Gasteiger partial charge in [-0.3, -0.25) is 0 Å². The van der Waals surface area contributed by atoms with Gasteiger partial charge in [0.1, 0.15) is 6.10 Å². The molecule has 0 amide bonds. The molecule has 0 bridgehead atoms. The standard InChI is InChI=1S/C11H15FIN3OS/c1-7-5-15(18-13)6-10(17-7)9-4-14-16(11(9)12)8-2-3-8/h4,7-8,10H,2-3,5-6H2,1H3/t7-,10-/m1/s1. The van der Waals surface area contributed by atoms with Crippen LogP contribution < -0.4 is 0 Å². The molecule has 1 aliphatic heterocycles. The summed E-state index contributed by atoms with van der Waals surface area (Å²) in [5, 5.41) is 4.16. The third-order valence-corrected chi connectivity index (χ3v) is 5.49. The van der Waals surface area contributed by atoms with E-state index in [-0.39, 0.29) is 24.2 Å². The zero-order valence-electron chi connectivity index (χ0n) is 10.1. The van der Waals surface area contributed by atoms with Crippen LogP contribution in [0.25, 0.3) is 0 Å². The molecule has 1 aromatic rings. The number of morpholine rings is 1. The number of rotatable bonds is 3. The number of ether oxygens (including phenoxy) is 1. The Balaban J connectivity index is 1.80. The maximum atomic E-state index is 14.3. The second kappa shape index (κ2) is 5.26. The van der Waals surface area contributed by atoms with Crippen LogP contribution in [-0.4, -0.2) is 33.3 Å². The molecule has 0 aromatic carbocycles. The fourth-order valence-corrected chi connectivity index (χ4v) is 3.71. The van der Waals surface area contributed by atoms with Crippen molar-refractivity contribution >= 4 is 30.3 Å². The highest BCUT2D eigenvalue weighted by atomic mass is 127. The van der Waals surface area contributed by atoms with Gasteiger partial charge in [-0.2, -0.15) is 9.49 Å². The van der Waals surface area contributed by atoms with Crippen LogP contribution in [0.1, 0.15) is 37.5 Å². The van der Waals surface area contributed by atoms with E-state index in [2.05, 4.69) is 30.6 Å². The molecular weight excluding hydrogens is 368 g/mol. The lowest BCUT2D eigenvalue weighted by atomic mass is 10.1. The molecular formula is C11H15FIN3OS. The Bertz CT molecular complexity index is 440. The van der Waals surface area contributed by atoms with Gasteiger partial charge in [-0.05, 0) is 28.9 Å². The van der Waals surface area contributed by atoms with E-state index in [4.69, 9.17) is 4.74 Å². The fourth-order valence-electron chi connectivity index (χ4n) is 2.29. The Morgan fingerprint density at radius 2 is 2.28 bits per heavy atom. The van der Waals surface area contributed by atoms with E-state index >= 15 is 0 Å². The SMILES string of the molecule is C[C@@H]1CN(SI)C[C@H](c2cnn(C3CC3)c2F)O1. The van der Waals surface area contributed by atoms with E-state index in [1.807, 2.05) is 6.92 Å². The summed E-state index contributed by atoms with van der Waals surface area (Å²) >= 11 is 2.25. The molecule has 3 rings (SSSR count). The van der Waals surface area contributed by atoms with Crippen molar-refractivity contribution in [3.05, 3.63) is 17.7 Å². The first-order valence-corrected chi connectivity index (χ1v) is 9.42. The Morgan fingerprint density at radius 3 is 2.94 bits per heavy atom. The summed E-state index contributed by atoms with van der Waals surface area (Å²) in [6, 6.07) is 0.273. The van der Waals surface area contributed by atoms with Gasteiger partial charge in [-0.25, -0.2) is 8.99 Å². The van der Waals surface area contributed by atoms with Gasteiger partial charge < -0.3 is 4.74 Å². The lowest BCUT2D eigenvalue weighted by Gasteiger charge is -2.34. The van der Waals surface area contributed by atoms with Crippen molar-refractivity contribution in [1.29, 1.82) is 0 Å². The van der Waals surface area contributed by atoms with Gasteiger partial charge in [-0.15, -0.1) is 0 Å². The van der Waals surface area contributed by atoms with Crippen molar-refractivity contribution in [2.75, 3.05) is 13.1 Å². The topological polar surface area (TPSA) is 30.3 Å². The van der Waals surface area contributed by atoms with Crippen LogP contribution in [0.3, 0.4) is 0 Å². The van der Waals surface area contributed by atoms with Crippen LogP contribution in [-0.2, 0) is 4.74 Å². The number of nitrogens with zero attached hydrogens (tertiary/aromatic N) is 3. The molecule has 1 aromatic heterocycles. The summed E-state index contributed by atoms with van der Waals surface area (Å²) in [5.74, 6) is -0.213. The molecule has 1 saturated carbocycles. The molecule has 2 fully saturated rings. The summed E-state index contributed by atoms with van der Waals surface area (Å²) in [5.41, 5.74) is 0.601. The van der Waals surface area contributed by atoms with Crippen LogP contribution >= 0.6 is 30.3 Å². The minimum atomic E-state index is -0.213. The Morgan fingerprint density at radius 1 is 1.50 bits per heavy atom. The van der Waals surface area contributed by atoms with E-state index in [1.54, 1.807) is 15.3 Å². The predicted octanol–water partition coefficient (Wildman–Crippen LogP) is 3.12. The first-order valence-electron chi connectivity index (χ1n) is 6.11. The number of halogens is 2. The van der Waals surface area contributed by atoms with E-state index in [0.29, 0.717) is 12.1 Å². The minimum absolute atomic E-state index is 0.120. The summed E-state index contributed by atoms with van der Waals surface area (Å²) in [6.07, 6.45) is 3.62. The van der Waals surface area contributed by atoms with Crippen molar-refractivity contribution in [2.24, 2.45) is 0 Å². The lowest BCUT2D eigenvalue weighted by Crippen LogP contribution is -2.38. The smallest absolute Gasteiger partial charge is 0.217 e. The molecule has 1 saturated heterocycles. The van der Waals surface area contributed by atoms with Gasteiger partial charge >= 0.3 is 0 Å². The monoisotopic (exact) mass is 383 g/mol. The highest BCUT2D eigenvalue weighted by Gasteiger charge is 2.33. The molecule has 0 radical (unpaired) electrons. The zero-order chi connectivity index (χ0) is 12.7. The van der Waals surface area contributed by atoms with Crippen LogP contribution in [0, 0.1) is 5.95 Å². The van der Waals surface area contributed by atoms with Gasteiger partial charge in [0.2, 0.25) is 5.95 Å². The van der Waals surface area contributed by atoms with E-state index in [9.17, 15) is 4.39 Å². The Labute approximate surface area is 122 Å². The Kier molecular flexibility index (Phi) is 3.84. The first kappa shape index (κ1) is 13.1. The van der Waals surface area contributed by atoms with Crippen molar-refractivity contribution in [3.8, 4) is 0 Å². The second-order valence-corrected chi connectivity index (χ2v) is 6.75. The van der Waals surface area contributed by atoms with E-state index in [1.165, 1.54) is 4.68 Å². The van der Waals surface area contributed by atoms with Gasteiger partial charge in [0.15, 0.2) is 0 Å². The highest BCUT2D eigenvalue weighted by Crippen LogP contribution is 2.38. The molecule has 7 heteroatoms. The summed E-state index contributed by atoms with van der Waals surface area (Å²) in [6.45, 7) is 3.61. The van der Waals surface area contributed by atoms with Gasteiger partial charge in [0, 0.05) is 34.3 Å². The molecule has 0 spiro atoms. The molecule has 2 atom stereocenters. The molecule has 4 nitrogen and oxygen atoms in total. The third kappa shape index (κ3) is 2.54. The second-order valence-electron chi connectivity index (χ2n) is 4.92. The molecule has 100 valence electrons. The summed E-state index contributed by atoms with van der Waals surface area (Å²) in [7, 11) is 1.65. The summed E-state index contributed by atoms with van der Waals surface area (Å²) in [4.78, 5) is 0. The Hall–Kier alpha value is 0.140. The predicted molar refractivity (Wildman–Crippen MR) is 76.9 cm³/mol. The maximum Gasteiger partial charge on any atom is 0.217 e. The van der Waals surface area contributed by atoms with Crippen molar-refractivity contribution in [1.82, 2.24) is 14.1 Å². The van der Waals surface area contributed by atoms with Crippen LogP contribution in [0.5, 0.6) is 0 Å². The zero-order valence-corrected chi connectivity index (χ0v) is 13.0. The van der Waals surface area contributed by atoms with Crippen molar-refractivity contribution < 1.29 is 9.13 Å². The van der Waals surface area contributed by atoms with E-state index < -0.39 is 0 Å². The number of hydrogen-bond donors (Lipinski definition) is 0. The first-order chi connectivity index (χ1) is 8.69. The fraction of sp³-hybridized carbons (Fsp3) is 0.727. The van der Waals surface area contributed by atoms with Gasteiger partial charge in [0.05, 0.1) is 23.9 Å². The average molecular weight is 383 g/mol. The van der Waals surface area contributed by atoms with Crippen LogP contribution in [0.2, 0.25) is 0 Å². The minimum Gasteiger partial charge on any atom is -0.368 e. The number of hydrogen-bond acceptors (Lipinski definition) is 4. The molecule has 18 heavy (non-hydrogen) atoms. The molecule has 0 N–H and O–H groups in total. The normalized spacial score (nSPS) is 29.7. The summed E-state index contributed by atoms with van der Waals surface area (Å²) < 4.78 is 23.8. The average Bonchev–Trinajstić information content (AvgIpc) is 3.12.